The van der Waals surface area contributed by atoms with E-state index in [2.05, 4.69) is 4.74 Å². The van der Waals surface area contributed by atoms with Crippen LogP contribution in [0.15, 0.2) is 12.1 Å². The van der Waals surface area contributed by atoms with Crippen LogP contribution in [0, 0.1) is 5.82 Å². The van der Waals surface area contributed by atoms with Gasteiger partial charge < -0.3 is 16.2 Å². The van der Waals surface area contributed by atoms with Gasteiger partial charge in [-0.15, -0.1) is 0 Å². The standard InChI is InChI=1S/C9H11FN2O2/c1-14-8(13)4-5-7(11)3-2-6(10)9(5)12/h2-3H,4,11-12H2,1H3. The van der Waals surface area contributed by atoms with E-state index in [-0.39, 0.29) is 23.4 Å². The van der Waals surface area contributed by atoms with Crippen LogP contribution in [0.3, 0.4) is 0 Å². The fourth-order valence-corrected chi connectivity index (χ4v) is 1.07. The lowest BCUT2D eigenvalue weighted by atomic mass is 10.1. The van der Waals surface area contributed by atoms with E-state index in [1.54, 1.807) is 0 Å². The van der Waals surface area contributed by atoms with Crippen LogP contribution in [0.5, 0.6) is 0 Å². The Morgan fingerprint density at radius 3 is 2.71 bits per heavy atom. The van der Waals surface area contributed by atoms with Gasteiger partial charge in [0.05, 0.1) is 19.2 Å². The monoisotopic (exact) mass is 198 g/mol. The van der Waals surface area contributed by atoms with Crippen molar-refractivity contribution in [2.45, 2.75) is 6.42 Å². The summed E-state index contributed by atoms with van der Waals surface area (Å²) in [6, 6.07) is 2.52. The van der Waals surface area contributed by atoms with Crippen LogP contribution in [0.4, 0.5) is 15.8 Å². The smallest absolute Gasteiger partial charge is 0.310 e. The van der Waals surface area contributed by atoms with E-state index in [9.17, 15) is 9.18 Å². The Kier molecular flexibility index (Phi) is 2.91. The first kappa shape index (κ1) is 10.3. The van der Waals surface area contributed by atoms with Crippen LogP contribution >= 0.6 is 0 Å². The highest BCUT2D eigenvalue weighted by atomic mass is 19.1. The van der Waals surface area contributed by atoms with Gasteiger partial charge in [-0.3, -0.25) is 4.79 Å². The van der Waals surface area contributed by atoms with Gasteiger partial charge in [0.1, 0.15) is 5.82 Å². The first-order valence-electron chi connectivity index (χ1n) is 3.95. The van der Waals surface area contributed by atoms with E-state index in [1.165, 1.54) is 13.2 Å². The van der Waals surface area contributed by atoms with Gasteiger partial charge in [0.25, 0.3) is 0 Å². The maximum Gasteiger partial charge on any atom is 0.310 e. The summed E-state index contributed by atoms with van der Waals surface area (Å²) in [5, 5.41) is 0. The number of ether oxygens (including phenoxy) is 1. The van der Waals surface area contributed by atoms with Crippen LogP contribution < -0.4 is 11.5 Å². The minimum Gasteiger partial charge on any atom is -0.469 e. The molecule has 14 heavy (non-hydrogen) atoms. The molecule has 0 fully saturated rings. The quantitative estimate of drug-likeness (QED) is 0.541. The molecule has 4 N–H and O–H groups in total. The Hall–Kier alpha value is -1.78. The predicted molar refractivity (Wildman–Crippen MR) is 50.9 cm³/mol. The minimum absolute atomic E-state index is 0.101. The number of esters is 1. The Balaban J connectivity index is 3.06. The zero-order valence-corrected chi connectivity index (χ0v) is 7.71. The normalized spacial score (nSPS) is 9.86. The van der Waals surface area contributed by atoms with Crippen molar-refractivity contribution in [3.63, 3.8) is 0 Å². The Labute approximate surface area is 80.6 Å². The van der Waals surface area contributed by atoms with Crippen molar-refractivity contribution in [2.24, 2.45) is 0 Å². The highest BCUT2D eigenvalue weighted by Gasteiger charge is 2.12. The Morgan fingerprint density at radius 2 is 2.14 bits per heavy atom. The van der Waals surface area contributed by atoms with E-state index < -0.39 is 11.8 Å². The molecule has 76 valence electrons. The van der Waals surface area contributed by atoms with Crippen molar-refractivity contribution < 1.29 is 13.9 Å². The number of benzene rings is 1. The number of hydrogen-bond donors (Lipinski definition) is 2. The summed E-state index contributed by atoms with van der Waals surface area (Å²) in [4.78, 5) is 10.9. The summed E-state index contributed by atoms with van der Waals surface area (Å²) in [6.45, 7) is 0. The summed E-state index contributed by atoms with van der Waals surface area (Å²) in [7, 11) is 1.24. The van der Waals surface area contributed by atoms with Gasteiger partial charge in [0.15, 0.2) is 0 Å². The molecule has 0 heterocycles. The molecule has 0 bridgehead atoms. The second-order valence-corrected chi connectivity index (χ2v) is 2.78. The molecule has 5 heteroatoms. The Bertz CT molecular complexity index is 366. The van der Waals surface area contributed by atoms with Gasteiger partial charge in [-0.25, -0.2) is 4.39 Å². The molecule has 0 saturated heterocycles. The lowest BCUT2D eigenvalue weighted by Gasteiger charge is -2.08. The molecule has 0 amide bonds. The van der Waals surface area contributed by atoms with Crippen molar-refractivity contribution in [3.05, 3.63) is 23.5 Å². The van der Waals surface area contributed by atoms with Gasteiger partial charge in [-0.2, -0.15) is 0 Å². The molecule has 0 saturated carbocycles. The van der Waals surface area contributed by atoms with Crippen molar-refractivity contribution >= 4 is 17.3 Å². The molecule has 0 aliphatic rings. The summed E-state index contributed by atoms with van der Waals surface area (Å²) >= 11 is 0. The molecule has 1 aromatic rings. The first-order valence-corrected chi connectivity index (χ1v) is 3.95. The molecule has 0 atom stereocenters. The summed E-state index contributed by atoms with van der Waals surface area (Å²) < 4.78 is 17.4. The molecule has 0 aliphatic heterocycles. The van der Waals surface area contributed by atoms with Crippen molar-refractivity contribution in [1.82, 2.24) is 0 Å². The molecule has 0 aromatic heterocycles. The van der Waals surface area contributed by atoms with E-state index in [1.807, 2.05) is 0 Å². The third-order valence-corrected chi connectivity index (χ3v) is 1.89. The molecule has 0 radical (unpaired) electrons. The van der Waals surface area contributed by atoms with Crippen LogP contribution in [0.1, 0.15) is 5.56 Å². The molecular formula is C9H11FN2O2. The fourth-order valence-electron chi connectivity index (χ4n) is 1.07. The SMILES string of the molecule is COC(=O)Cc1c(N)ccc(F)c1N. The number of methoxy groups -OCH3 is 1. The molecule has 0 unspecified atom stereocenters. The van der Waals surface area contributed by atoms with Gasteiger partial charge in [-0.1, -0.05) is 0 Å². The second-order valence-electron chi connectivity index (χ2n) is 2.78. The number of halogens is 1. The molecule has 0 spiro atoms. The van der Waals surface area contributed by atoms with Crippen LogP contribution in [0.25, 0.3) is 0 Å². The van der Waals surface area contributed by atoms with E-state index >= 15 is 0 Å². The van der Waals surface area contributed by atoms with Gasteiger partial charge in [-0.05, 0) is 12.1 Å². The maximum atomic E-state index is 13.0. The molecule has 0 aliphatic carbocycles. The minimum atomic E-state index is -0.585. The first-order chi connectivity index (χ1) is 6.56. The average molecular weight is 198 g/mol. The Morgan fingerprint density at radius 1 is 1.50 bits per heavy atom. The number of rotatable bonds is 2. The third kappa shape index (κ3) is 1.93. The van der Waals surface area contributed by atoms with Gasteiger partial charge >= 0.3 is 5.97 Å². The van der Waals surface area contributed by atoms with Gasteiger partial charge in [0, 0.05) is 11.3 Å². The fraction of sp³-hybridized carbons (Fsp3) is 0.222. The van der Waals surface area contributed by atoms with E-state index in [0.29, 0.717) is 0 Å². The lowest BCUT2D eigenvalue weighted by Crippen LogP contribution is -2.10. The highest BCUT2D eigenvalue weighted by Crippen LogP contribution is 2.23. The topological polar surface area (TPSA) is 78.3 Å². The molecular weight excluding hydrogens is 187 g/mol. The number of nitrogens with two attached hydrogens (primary N) is 2. The maximum absolute atomic E-state index is 13.0. The highest BCUT2D eigenvalue weighted by molar-refractivity contribution is 5.78. The zero-order chi connectivity index (χ0) is 10.7. The van der Waals surface area contributed by atoms with Crippen LogP contribution in [0.2, 0.25) is 0 Å². The second kappa shape index (κ2) is 3.95. The number of anilines is 2. The van der Waals surface area contributed by atoms with Crippen LogP contribution in [-0.4, -0.2) is 13.1 Å². The average Bonchev–Trinajstić information content (AvgIpc) is 2.18. The van der Waals surface area contributed by atoms with Crippen molar-refractivity contribution in [1.29, 1.82) is 0 Å². The predicted octanol–water partition coefficient (Wildman–Crippen LogP) is 0.706. The number of carbonyl (C=O) groups is 1. The zero-order valence-electron chi connectivity index (χ0n) is 7.71. The number of carbonyl (C=O) groups excluding carboxylic acids is 1. The summed E-state index contributed by atoms with van der Waals surface area (Å²) in [5.74, 6) is -1.09. The van der Waals surface area contributed by atoms with Crippen LogP contribution in [-0.2, 0) is 16.0 Å². The summed E-state index contributed by atoms with van der Waals surface area (Å²) in [6.07, 6.45) is -0.119. The third-order valence-electron chi connectivity index (χ3n) is 1.89. The van der Waals surface area contributed by atoms with E-state index in [0.717, 1.165) is 6.07 Å². The lowest BCUT2D eigenvalue weighted by molar-refractivity contribution is -0.139. The largest absolute Gasteiger partial charge is 0.469 e. The number of hydrogen-bond acceptors (Lipinski definition) is 4. The molecule has 1 rings (SSSR count). The van der Waals surface area contributed by atoms with Crippen molar-refractivity contribution in [2.75, 3.05) is 18.6 Å². The van der Waals surface area contributed by atoms with Crippen molar-refractivity contribution in [3.8, 4) is 0 Å². The van der Waals surface area contributed by atoms with E-state index in [4.69, 9.17) is 11.5 Å². The molecule has 1 aromatic carbocycles. The van der Waals surface area contributed by atoms with Gasteiger partial charge in [0.2, 0.25) is 0 Å². The summed E-state index contributed by atoms with van der Waals surface area (Å²) in [5.41, 5.74) is 11.4. The number of nitrogen functional groups attached to an aromatic ring is 2. The molecule has 4 nitrogen and oxygen atoms in total.